The summed E-state index contributed by atoms with van der Waals surface area (Å²) in [7, 11) is 3.43. The Bertz CT molecular complexity index is 1060. The van der Waals surface area contributed by atoms with E-state index >= 15 is 0 Å². The highest BCUT2D eigenvalue weighted by atomic mass is 16.7. The van der Waals surface area contributed by atoms with E-state index in [1.165, 1.54) is 0 Å². The number of aryl methyl sites for hydroxylation is 1. The number of nitrogens with one attached hydrogen (secondary N) is 1. The minimum Gasteiger partial charge on any atom is -0.496 e. The molecule has 3 aromatic rings. The normalized spacial score (nSPS) is 17.9. The number of aromatic nitrogens is 3. The maximum atomic E-state index is 12.4. The van der Waals surface area contributed by atoms with Crippen molar-refractivity contribution in [2.45, 2.75) is 12.3 Å². The van der Waals surface area contributed by atoms with Crippen molar-refractivity contribution in [1.29, 1.82) is 0 Å². The molecule has 0 spiro atoms. The lowest BCUT2D eigenvalue weighted by atomic mass is 9.83. The van der Waals surface area contributed by atoms with Crippen LogP contribution in [0.1, 0.15) is 23.5 Å². The molecule has 0 bridgehead atoms. The van der Waals surface area contributed by atoms with E-state index in [1.807, 2.05) is 31.3 Å². The van der Waals surface area contributed by atoms with Crippen molar-refractivity contribution < 1.29 is 19.0 Å². The van der Waals surface area contributed by atoms with Gasteiger partial charge in [0.1, 0.15) is 11.3 Å². The largest absolute Gasteiger partial charge is 0.496 e. The van der Waals surface area contributed by atoms with Crippen LogP contribution in [0.25, 0.3) is 11.0 Å². The molecule has 0 fully saturated rings. The molecule has 5 rings (SSSR count). The summed E-state index contributed by atoms with van der Waals surface area (Å²) in [6.07, 6.45) is 0.314. The fourth-order valence-electron chi connectivity index (χ4n) is 3.69. The fraction of sp³-hybridized carbons (Fsp3) is 0.278. The molecular formula is C18H16N4O4. The molecule has 0 saturated carbocycles. The number of carbonyl (C=O) groups excluding carboxylic acids is 1. The van der Waals surface area contributed by atoms with Crippen molar-refractivity contribution in [2.24, 2.45) is 7.05 Å². The highest BCUT2D eigenvalue weighted by Crippen LogP contribution is 2.47. The van der Waals surface area contributed by atoms with Crippen LogP contribution in [0.5, 0.6) is 17.2 Å². The summed E-state index contributed by atoms with van der Waals surface area (Å²) in [5.41, 5.74) is 4.12. The maximum absolute atomic E-state index is 12.4. The van der Waals surface area contributed by atoms with Crippen molar-refractivity contribution in [3.63, 3.8) is 0 Å². The second-order valence-corrected chi connectivity index (χ2v) is 6.36. The Balaban J connectivity index is 1.72. The number of nitrogens with zero attached hydrogens (tertiary/aromatic N) is 3. The Labute approximate surface area is 148 Å². The number of fused-ring (bicyclic) bond motifs is 4. The standard InChI is InChI=1S/C18H16N4O4/c1-22-12-4-3-9-10(6-16(23)19-17(9)18(12)20-21-22)11-5-14-15(26-8-25-14)7-13(11)24-2/h3-5,7,10H,6,8H2,1-2H3,(H,19,23). The van der Waals surface area contributed by atoms with Crippen LogP contribution in [0.4, 0.5) is 5.69 Å². The van der Waals surface area contributed by atoms with Crippen molar-refractivity contribution >= 4 is 22.6 Å². The predicted molar refractivity (Wildman–Crippen MR) is 92.7 cm³/mol. The quantitative estimate of drug-likeness (QED) is 0.761. The summed E-state index contributed by atoms with van der Waals surface area (Å²) in [4.78, 5) is 12.4. The van der Waals surface area contributed by atoms with Gasteiger partial charge in [-0.2, -0.15) is 0 Å². The summed E-state index contributed by atoms with van der Waals surface area (Å²) < 4.78 is 18.2. The Morgan fingerprint density at radius 3 is 2.85 bits per heavy atom. The molecule has 8 heteroatoms. The molecule has 26 heavy (non-hydrogen) atoms. The summed E-state index contributed by atoms with van der Waals surface area (Å²) in [5, 5.41) is 11.2. The molecule has 2 aliphatic rings. The Kier molecular flexibility index (Phi) is 3.09. The van der Waals surface area contributed by atoms with E-state index in [1.54, 1.807) is 11.8 Å². The van der Waals surface area contributed by atoms with Gasteiger partial charge in [-0.25, -0.2) is 4.68 Å². The molecule has 1 N–H and O–H groups in total. The smallest absolute Gasteiger partial charge is 0.231 e. The van der Waals surface area contributed by atoms with Gasteiger partial charge in [-0.15, -0.1) is 5.10 Å². The zero-order valence-electron chi connectivity index (χ0n) is 14.3. The van der Waals surface area contributed by atoms with Gasteiger partial charge in [0, 0.05) is 31.0 Å². The SMILES string of the molecule is COc1cc2c(cc1C1CC(=O)Nc3c1ccc1c3nnn1C)OCO2. The van der Waals surface area contributed by atoms with Gasteiger partial charge in [0.2, 0.25) is 12.7 Å². The third-order valence-corrected chi connectivity index (χ3v) is 4.95. The molecule has 2 aliphatic heterocycles. The van der Waals surface area contributed by atoms with Crippen LogP contribution in [-0.2, 0) is 11.8 Å². The zero-order chi connectivity index (χ0) is 17.8. The van der Waals surface area contributed by atoms with Gasteiger partial charge >= 0.3 is 0 Å². The Morgan fingerprint density at radius 1 is 1.23 bits per heavy atom. The molecule has 1 unspecified atom stereocenters. The monoisotopic (exact) mass is 352 g/mol. The zero-order valence-corrected chi connectivity index (χ0v) is 14.3. The number of methoxy groups -OCH3 is 1. The first-order valence-electron chi connectivity index (χ1n) is 8.25. The minimum atomic E-state index is -0.172. The summed E-state index contributed by atoms with van der Waals surface area (Å²) >= 11 is 0. The topological polar surface area (TPSA) is 87.5 Å². The van der Waals surface area contributed by atoms with Gasteiger partial charge in [0.15, 0.2) is 11.5 Å². The highest BCUT2D eigenvalue weighted by molar-refractivity contribution is 6.03. The van der Waals surface area contributed by atoms with E-state index in [4.69, 9.17) is 14.2 Å². The van der Waals surface area contributed by atoms with E-state index in [9.17, 15) is 4.79 Å². The summed E-state index contributed by atoms with van der Waals surface area (Å²) in [6, 6.07) is 7.69. The third-order valence-electron chi connectivity index (χ3n) is 4.95. The highest BCUT2D eigenvalue weighted by Gasteiger charge is 2.32. The van der Waals surface area contributed by atoms with Gasteiger partial charge in [-0.3, -0.25) is 4.79 Å². The molecule has 1 atom stereocenters. The minimum absolute atomic E-state index is 0.0691. The second-order valence-electron chi connectivity index (χ2n) is 6.36. The molecule has 0 radical (unpaired) electrons. The van der Waals surface area contributed by atoms with Crippen LogP contribution >= 0.6 is 0 Å². The van der Waals surface area contributed by atoms with E-state index in [2.05, 4.69) is 15.6 Å². The number of amides is 1. The molecular weight excluding hydrogens is 336 g/mol. The van der Waals surface area contributed by atoms with Gasteiger partial charge in [-0.05, 0) is 17.7 Å². The number of anilines is 1. The van der Waals surface area contributed by atoms with Crippen molar-refractivity contribution in [3.05, 3.63) is 35.4 Å². The first kappa shape index (κ1) is 15.0. The van der Waals surface area contributed by atoms with E-state index in [0.717, 1.165) is 16.6 Å². The lowest BCUT2D eigenvalue weighted by Gasteiger charge is -2.27. The van der Waals surface area contributed by atoms with E-state index in [-0.39, 0.29) is 18.6 Å². The summed E-state index contributed by atoms with van der Waals surface area (Å²) in [6.45, 7) is 0.184. The van der Waals surface area contributed by atoms with Gasteiger partial charge < -0.3 is 19.5 Å². The van der Waals surface area contributed by atoms with Crippen LogP contribution in [0.2, 0.25) is 0 Å². The molecule has 1 amide bonds. The number of benzene rings is 2. The number of hydrogen-bond acceptors (Lipinski definition) is 6. The molecule has 3 heterocycles. The molecule has 2 aromatic carbocycles. The maximum Gasteiger partial charge on any atom is 0.231 e. The number of hydrogen-bond donors (Lipinski definition) is 1. The molecule has 0 aliphatic carbocycles. The first-order valence-corrected chi connectivity index (χ1v) is 8.25. The fourth-order valence-corrected chi connectivity index (χ4v) is 3.69. The summed E-state index contributed by atoms with van der Waals surface area (Å²) in [5.74, 6) is 1.73. The van der Waals surface area contributed by atoms with E-state index in [0.29, 0.717) is 34.9 Å². The van der Waals surface area contributed by atoms with Gasteiger partial charge in [0.25, 0.3) is 0 Å². The molecule has 0 saturated heterocycles. The van der Waals surface area contributed by atoms with Crippen molar-refractivity contribution in [1.82, 2.24) is 15.0 Å². The van der Waals surface area contributed by atoms with Crippen molar-refractivity contribution in [2.75, 3.05) is 19.2 Å². The van der Waals surface area contributed by atoms with Gasteiger partial charge in [-0.1, -0.05) is 11.3 Å². The number of carbonyl (C=O) groups is 1. The Morgan fingerprint density at radius 2 is 2.04 bits per heavy atom. The average molecular weight is 352 g/mol. The number of ether oxygens (including phenoxy) is 3. The van der Waals surface area contributed by atoms with Crippen LogP contribution in [0, 0.1) is 0 Å². The lowest BCUT2D eigenvalue weighted by Crippen LogP contribution is -2.24. The molecule has 1 aromatic heterocycles. The third kappa shape index (κ3) is 2.05. The van der Waals surface area contributed by atoms with Crippen molar-refractivity contribution in [3.8, 4) is 17.2 Å². The molecule has 8 nitrogen and oxygen atoms in total. The molecule has 132 valence electrons. The first-order chi connectivity index (χ1) is 12.7. The van der Waals surface area contributed by atoms with E-state index < -0.39 is 0 Å². The lowest BCUT2D eigenvalue weighted by molar-refractivity contribution is -0.116. The average Bonchev–Trinajstić information content (AvgIpc) is 3.26. The van der Waals surface area contributed by atoms with Crippen LogP contribution in [0.15, 0.2) is 24.3 Å². The second kappa shape index (κ2) is 5.35. The van der Waals surface area contributed by atoms with Crippen LogP contribution in [0.3, 0.4) is 0 Å². The van der Waals surface area contributed by atoms with Crippen LogP contribution in [-0.4, -0.2) is 34.8 Å². The Hall–Kier alpha value is -3.29. The number of rotatable bonds is 2. The van der Waals surface area contributed by atoms with Crippen LogP contribution < -0.4 is 19.5 Å². The van der Waals surface area contributed by atoms with Gasteiger partial charge in [0.05, 0.1) is 18.3 Å². The predicted octanol–water partition coefficient (Wildman–Crippen LogP) is 2.18.